The molecule has 1 saturated heterocycles. The van der Waals surface area contributed by atoms with Gasteiger partial charge in [0.25, 0.3) is 5.91 Å². The molecule has 1 N–H and O–H groups in total. The predicted molar refractivity (Wildman–Crippen MR) is 108 cm³/mol. The lowest BCUT2D eigenvalue weighted by Crippen LogP contribution is -2.41. The molecule has 0 aliphatic carbocycles. The normalized spacial score (nSPS) is 15.0. The summed E-state index contributed by atoms with van der Waals surface area (Å²) in [4.78, 5) is 14.6. The van der Waals surface area contributed by atoms with Gasteiger partial charge in [-0.05, 0) is 56.1 Å². The summed E-state index contributed by atoms with van der Waals surface area (Å²) in [6, 6.07) is 7.02. The van der Waals surface area contributed by atoms with Gasteiger partial charge in [0.1, 0.15) is 0 Å². The van der Waals surface area contributed by atoms with Crippen LogP contribution in [0.4, 0.5) is 0 Å². The standard InChI is InChI=1S/C18H22Cl2N4O.ClH/c1-2-21-12-13-5-8-23(9-6-13)18(25)17-7-10-24(22-17)14-3-4-15(19)16(20)11-14;/h3-4,7,10-11,13,21H,2,5-6,8-9,12H2,1H3;1H. The summed E-state index contributed by atoms with van der Waals surface area (Å²) in [5.41, 5.74) is 1.23. The van der Waals surface area contributed by atoms with E-state index in [0.29, 0.717) is 21.7 Å². The number of amides is 1. The Hall–Kier alpha value is -1.27. The molecule has 0 radical (unpaired) electrons. The molecule has 1 amide bonds. The van der Waals surface area contributed by atoms with Crippen molar-refractivity contribution in [3.8, 4) is 5.69 Å². The van der Waals surface area contributed by atoms with Crippen molar-refractivity contribution in [2.75, 3.05) is 26.2 Å². The minimum absolute atomic E-state index is 0. The number of hydrogen-bond acceptors (Lipinski definition) is 3. The van der Waals surface area contributed by atoms with Gasteiger partial charge in [-0.25, -0.2) is 4.68 Å². The van der Waals surface area contributed by atoms with E-state index >= 15 is 0 Å². The summed E-state index contributed by atoms with van der Waals surface area (Å²) in [6.45, 7) is 5.71. The van der Waals surface area contributed by atoms with Gasteiger partial charge in [-0.1, -0.05) is 30.1 Å². The molecule has 1 aliphatic heterocycles. The average Bonchev–Trinajstić information content (AvgIpc) is 3.12. The molecule has 2 aromatic rings. The van der Waals surface area contributed by atoms with Crippen LogP contribution in [0.2, 0.25) is 10.0 Å². The summed E-state index contributed by atoms with van der Waals surface area (Å²) < 4.78 is 1.65. The lowest BCUT2D eigenvalue weighted by molar-refractivity contribution is 0.0684. The molecule has 5 nitrogen and oxygen atoms in total. The van der Waals surface area contributed by atoms with Gasteiger partial charge in [0.2, 0.25) is 0 Å². The van der Waals surface area contributed by atoms with Crippen LogP contribution < -0.4 is 5.32 Å². The Morgan fingerprint density at radius 1 is 1.23 bits per heavy atom. The summed E-state index contributed by atoms with van der Waals surface area (Å²) in [5, 5.41) is 8.75. The molecule has 1 fully saturated rings. The molecule has 0 bridgehead atoms. The topological polar surface area (TPSA) is 50.2 Å². The average molecular weight is 418 g/mol. The number of benzene rings is 1. The third kappa shape index (κ3) is 4.92. The first-order valence-electron chi connectivity index (χ1n) is 8.59. The van der Waals surface area contributed by atoms with E-state index in [1.807, 2.05) is 11.0 Å². The Bertz CT molecular complexity index is 742. The zero-order chi connectivity index (χ0) is 17.8. The summed E-state index contributed by atoms with van der Waals surface area (Å²) >= 11 is 12.0. The predicted octanol–water partition coefficient (Wildman–Crippen LogP) is 4.06. The van der Waals surface area contributed by atoms with Crippen LogP contribution in [0.3, 0.4) is 0 Å². The summed E-state index contributed by atoms with van der Waals surface area (Å²) in [6.07, 6.45) is 3.84. The van der Waals surface area contributed by atoms with Crippen LogP contribution in [0.25, 0.3) is 5.69 Å². The Morgan fingerprint density at radius 3 is 2.62 bits per heavy atom. The number of hydrogen-bond donors (Lipinski definition) is 1. The van der Waals surface area contributed by atoms with Crippen molar-refractivity contribution in [3.63, 3.8) is 0 Å². The van der Waals surface area contributed by atoms with Crippen molar-refractivity contribution < 1.29 is 4.79 Å². The van der Waals surface area contributed by atoms with Gasteiger partial charge in [-0.15, -0.1) is 12.4 Å². The molecule has 1 aliphatic rings. The van der Waals surface area contributed by atoms with Crippen molar-refractivity contribution in [2.24, 2.45) is 5.92 Å². The molecule has 0 saturated carbocycles. The largest absolute Gasteiger partial charge is 0.337 e. The molecule has 2 heterocycles. The fourth-order valence-corrected chi connectivity index (χ4v) is 3.35. The van der Waals surface area contributed by atoms with E-state index in [4.69, 9.17) is 23.2 Å². The van der Waals surface area contributed by atoms with Gasteiger partial charge in [0.15, 0.2) is 5.69 Å². The lowest BCUT2D eigenvalue weighted by Gasteiger charge is -2.31. The van der Waals surface area contributed by atoms with Crippen molar-refractivity contribution in [3.05, 3.63) is 46.2 Å². The van der Waals surface area contributed by atoms with Crippen LogP contribution in [-0.4, -0.2) is 46.8 Å². The molecule has 8 heteroatoms. The molecule has 0 unspecified atom stereocenters. The maximum atomic E-state index is 12.7. The van der Waals surface area contributed by atoms with E-state index in [1.54, 1.807) is 29.1 Å². The first kappa shape index (κ1) is 21.0. The minimum atomic E-state index is -0.0132. The van der Waals surface area contributed by atoms with E-state index in [1.165, 1.54) is 0 Å². The van der Waals surface area contributed by atoms with E-state index in [-0.39, 0.29) is 18.3 Å². The highest BCUT2D eigenvalue weighted by Gasteiger charge is 2.24. The second-order valence-electron chi connectivity index (χ2n) is 6.29. The van der Waals surface area contributed by atoms with Crippen LogP contribution in [0.1, 0.15) is 30.3 Å². The molecule has 1 aromatic heterocycles. The number of piperidine rings is 1. The molecular weight excluding hydrogens is 395 g/mol. The summed E-state index contributed by atoms with van der Waals surface area (Å²) in [7, 11) is 0. The summed E-state index contributed by atoms with van der Waals surface area (Å²) in [5.74, 6) is 0.637. The third-order valence-corrected chi connectivity index (χ3v) is 5.30. The number of nitrogens with zero attached hydrogens (tertiary/aromatic N) is 3. The molecule has 3 rings (SSSR count). The van der Waals surface area contributed by atoms with Crippen LogP contribution in [0.15, 0.2) is 30.5 Å². The molecule has 1 aromatic carbocycles. The number of likely N-dealkylation sites (tertiary alicyclic amines) is 1. The van der Waals surface area contributed by atoms with Gasteiger partial charge in [0, 0.05) is 19.3 Å². The van der Waals surface area contributed by atoms with Crippen molar-refractivity contribution in [2.45, 2.75) is 19.8 Å². The highest BCUT2D eigenvalue weighted by Crippen LogP contribution is 2.24. The molecule has 0 spiro atoms. The van der Waals surface area contributed by atoms with Gasteiger partial charge >= 0.3 is 0 Å². The van der Waals surface area contributed by atoms with E-state index in [0.717, 1.165) is 44.7 Å². The number of carbonyl (C=O) groups is 1. The quantitative estimate of drug-likeness (QED) is 0.798. The highest BCUT2D eigenvalue weighted by molar-refractivity contribution is 6.42. The number of aromatic nitrogens is 2. The Kier molecular flexibility index (Phi) is 7.77. The van der Waals surface area contributed by atoms with Crippen LogP contribution in [-0.2, 0) is 0 Å². The lowest BCUT2D eigenvalue weighted by atomic mass is 9.96. The SMILES string of the molecule is CCNCC1CCN(C(=O)c2ccn(-c3ccc(Cl)c(Cl)c3)n2)CC1.Cl. The Labute approximate surface area is 170 Å². The molecule has 26 heavy (non-hydrogen) atoms. The Balaban J connectivity index is 0.00000243. The molecule has 142 valence electrons. The maximum Gasteiger partial charge on any atom is 0.274 e. The van der Waals surface area contributed by atoms with E-state index in [2.05, 4.69) is 17.3 Å². The number of halogens is 3. The third-order valence-electron chi connectivity index (χ3n) is 4.56. The zero-order valence-electron chi connectivity index (χ0n) is 14.6. The van der Waals surface area contributed by atoms with Gasteiger partial charge in [-0.2, -0.15) is 5.10 Å². The second-order valence-corrected chi connectivity index (χ2v) is 7.10. The van der Waals surface area contributed by atoms with Gasteiger partial charge < -0.3 is 10.2 Å². The van der Waals surface area contributed by atoms with E-state index < -0.39 is 0 Å². The smallest absolute Gasteiger partial charge is 0.274 e. The Morgan fingerprint density at radius 2 is 1.96 bits per heavy atom. The van der Waals surface area contributed by atoms with E-state index in [9.17, 15) is 4.79 Å². The molecular formula is C18H23Cl3N4O. The number of nitrogens with one attached hydrogen (secondary N) is 1. The first-order valence-corrected chi connectivity index (χ1v) is 9.35. The number of carbonyl (C=O) groups excluding carboxylic acids is 1. The zero-order valence-corrected chi connectivity index (χ0v) is 16.9. The van der Waals surface area contributed by atoms with Gasteiger partial charge in [-0.3, -0.25) is 4.79 Å². The van der Waals surface area contributed by atoms with Crippen molar-refractivity contribution in [1.82, 2.24) is 20.0 Å². The fourth-order valence-electron chi connectivity index (χ4n) is 3.06. The number of rotatable bonds is 5. The van der Waals surface area contributed by atoms with Gasteiger partial charge in [0.05, 0.1) is 15.7 Å². The van der Waals surface area contributed by atoms with Crippen molar-refractivity contribution in [1.29, 1.82) is 0 Å². The maximum absolute atomic E-state index is 12.7. The van der Waals surface area contributed by atoms with Crippen LogP contribution in [0.5, 0.6) is 0 Å². The molecule has 0 atom stereocenters. The fraction of sp³-hybridized carbons (Fsp3) is 0.444. The minimum Gasteiger partial charge on any atom is -0.337 e. The van der Waals surface area contributed by atoms with Crippen LogP contribution in [0, 0.1) is 5.92 Å². The highest BCUT2D eigenvalue weighted by atomic mass is 35.5. The monoisotopic (exact) mass is 416 g/mol. The van der Waals surface area contributed by atoms with Crippen LogP contribution >= 0.6 is 35.6 Å². The second kappa shape index (κ2) is 9.60. The first-order chi connectivity index (χ1) is 12.1. The van der Waals surface area contributed by atoms with Crippen molar-refractivity contribution >= 4 is 41.5 Å².